The Morgan fingerprint density at radius 2 is 2.29 bits per heavy atom. The monoisotopic (exact) mass is 325 g/mol. The zero-order valence-corrected chi connectivity index (χ0v) is 13.5. The van der Waals surface area contributed by atoms with Crippen molar-refractivity contribution >= 4 is 17.0 Å². The zero-order valence-electron chi connectivity index (χ0n) is 13.5. The average molecular weight is 325 g/mol. The summed E-state index contributed by atoms with van der Waals surface area (Å²) in [6.45, 7) is 2.40. The largest absolute Gasteiger partial charge is 0.372 e. The predicted molar refractivity (Wildman–Crippen MR) is 86.8 cm³/mol. The van der Waals surface area contributed by atoms with E-state index in [-0.39, 0.29) is 17.6 Å². The average Bonchev–Trinajstić information content (AvgIpc) is 3.31. The molecule has 3 heterocycles. The van der Waals surface area contributed by atoms with Crippen molar-refractivity contribution in [2.45, 2.75) is 50.2 Å². The van der Waals surface area contributed by atoms with E-state index in [0.717, 1.165) is 36.8 Å². The van der Waals surface area contributed by atoms with Crippen LogP contribution in [0.3, 0.4) is 0 Å². The van der Waals surface area contributed by atoms with Gasteiger partial charge in [0.1, 0.15) is 0 Å². The Morgan fingerprint density at radius 1 is 1.42 bits per heavy atom. The van der Waals surface area contributed by atoms with Crippen molar-refractivity contribution < 1.29 is 14.1 Å². The Bertz CT molecular complexity index is 868. The highest BCUT2D eigenvalue weighted by atomic mass is 16.5. The Hall–Kier alpha value is -2.21. The number of pyridine rings is 1. The van der Waals surface area contributed by atoms with Crippen molar-refractivity contribution in [3.8, 4) is 0 Å². The van der Waals surface area contributed by atoms with Crippen molar-refractivity contribution in [2.24, 2.45) is 0 Å². The maximum absolute atomic E-state index is 13.1. The van der Waals surface area contributed by atoms with Crippen molar-refractivity contribution in [2.75, 3.05) is 6.61 Å². The molecule has 1 aliphatic heterocycles. The van der Waals surface area contributed by atoms with E-state index in [1.807, 2.05) is 13.0 Å². The number of ether oxygens (including phenoxy) is 1. The number of hydrogen-bond donors (Lipinski definition) is 1. The van der Waals surface area contributed by atoms with Gasteiger partial charge in [-0.05, 0) is 32.3 Å². The van der Waals surface area contributed by atoms with Crippen LogP contribution >= 0.6 is 0 Å². The molecule has 2 bridgehead atoms. The molecule has 3 aliphatic rings. The number of carbonyl (C=O) groups excluding carboxylic acids is 1. The van der Waals surface area contributed by atoms with E-state index in [1.54, 1.807) is 0 Å². The zero-order chi connectivity index (χ0) is 16.3. The van der Waals surface area contributed by atoms with Gasteiger partial charge < -0.3 is 14.6 Å². The second kappa shape index (κ2) is 4.89. The summed E-state index contributed by atoms with van der Waals surface area (Å²) in [6.07, 6.45) is 8.19. The first-order chi connectivity index (χ1) is 11.6. The quantitative estimate of drug-likeness (QED) is 0.878. The number of fused-ring (bicyclic) bond motifs is 3. The Kier molecular flexibility index (Phi) is 2.89. The molecule has 124 valence electrons. The summed E-state index contributed by atoms with van der Waals surface area (Å²) < 4.78 is 11.1. The Morgan fingerprint density at radius 3 is 3.12 bits per heavy atom. The first-order valence-corrected chi connectivity index (χ1v) is 8.51. The molecule has 0 spiro atoms. The van der Waals surface area contributed by atoms with Crippen LogP contribution in [0.15, 0.2) is 22.7 Å². The molecule has 6 heteroatoms. The van der Waals surface area contributed by atoms with Crippen LogP contribution in [0.5, 0.6) is 0 Å². The van der Waals surface area contributed by atoms with Crippen LogP contribution in [0.1, 0.15) is 53.3 Å². The van der Waals surface area contributed by atoms with E-state index in [9.17, 15) is 4.79 Å². The maximum atomic E-state index is 13.1. The molecule has 1 N–H and O–H groups in total. The number of nitrogens with one attached hydrogen (secondary N) is 1. The third kappa shape index (κ3) is 2.17. The summed E-state index contributed by atoms with van der Waals surface area (Å²) in [5, 5.41) is 7.94. The Labute approximate surface area is 139 Å². The molecule has 6 nitrogen and oxygen atoms in total. The first-order valence-electron chi connectivity index (χ1n) is 8.51. The molecule has 1 saturated heterocycles. The number of carbonyl (C=O) groups is 1. The second-order valence-electron chi connectivity index (χ2n) is 7.24. The molecule has 5 rings (SSSR count). The molecule has 24 heavy (non-hydrogen) atoms. The van der Waals surface area contributed by atoms with Crippen LogP contribution in [-0.2, 0) is 4.74 Å². The Balaban J connectivity index is 1.54. The summed E-state index contributed by atoms with van der Waals surface area (Å²) in [5.74, 6) is 0.358. The van der Waals surface area contributed by atoms with Crippen LogP contribution in [0, 0.1) is 6.92 Å². The van der Waals surface area contributed by atoms with E-state index in [1.165, 1.54) is 0 Å². The van der Waals surface area contributed by atoms with E-state index >= 15 is 0 Å². The molecule has 0 radical (unpaired) electrons. The van der Waals surface area contributed by atoms with Crippen molar-refractivity contribution in [1.82, 2.24) is 15.5 Å². The minimum atomic E-state index is -0.295. The molecule has 2 unspecified atom stereocenters. The lowest BCUT2D eigenvalue weighted by atomic mass is 9.87. The summed E-state index contributed by atoms with van der Waals surface area (Å²) >= 11 is 0. The number of rotatable bonds is 3. The summed E-state index contributed by atoms with van der Waals surface area (Å²) in [4.78, 5) is 17.6. The highest BCUT2D eigenvalue weighted by Crippen LogP contribution is 2.41. The SMILES string of the molecule is Cc1noc2nc(C3CC3)cc(C(=O)NC34CC=CC(C3)OC4)c12. The highest BCUT2D eigenvalue weighted by Gasteiger charge is 2.42. The lowest BCUT2D eigenvalue weighted by Crippen LogP contribution is -2.49. The van der Waals surface area contributed by atoms with Crippen LogP contribution < -0.4 is 5.32 Å². The van der Waals surface area contributed by atoms with Gasteiger partial charge in [-0.1, -0.05) is 17.3 Å². The van der Waals surface area contributed by atoms with Gasteiger partial charge in [0.2, 0.25) is 0 Å². The fraction of sp³-hybridized carbons (Fsp3) is 0.500. The summed E-state index contributed by atoms with van der Waals surface area (Å²) in [5.41, 5.74) is 2.42. The first kappa shape index (κ1) is 14.2. The van der Waals surface area contributed by atoms with Gasteiger partial charge in [-0.15, -0.1) is 0 Å². The highest BCUT2D eigenvalue weighted by molar-refractivity contribution is 6.06. The summed E-state index contributed by atoms with van der Waals surface area (Å²) in [7, 11) is 0. The molecule has 2 fully saturated rings. The van der Waals surface area contributed by atoms with Gasteiger partial charge in [-0.3, -0.25) is 4.79 Å². The van der Waals surface area contributed by atoms with E-state index < -0.39 is 0 Å². The van der Waals surface area contributed by atoms with E-state index in [4.69, 9.17) is 9.26 Å². The molecule has 1 saturated carbocycles. The predicted octanol–water partition coefficient (Wildman–Crippen LogP) is 2.63. The topological polar surface area (TPSA) is 77.2 Å². The normalized spacial score (nSPS) is 28.5. The van der Waals surface area contributed by atoms with Crippen molar-refractivity contribution in [1.29, 1.82) is 0 Å². The minimum Gasteiger partial charge on any atom is -0.372 e. The van der Waals surface area contributed by atoms with Gasteiger partial charge in [0.05, 0.1) is 34.9 Å². The third-order valence-corrected chi connectivity index (χ3v) is 5.28. The molecule has 0 aromatic carbocycles. The van der Waals surface area contributed by atoms with E-state index in [2.05, 4.69) is 27.6 Å². The van der Waals surface area contributed by atoms with Crippen molar-refractivity contribution in [3.05, 3.63) is 35.2 Å². The second-order valence-corrected chi connectivity index (χ2v) is 7.24. The fourth-order valence-electron chi connectivity index (χ4n) is 3.81. The van der Waals surface area contributed by atoms with Crippen LogP contribution in [0.25, 0.3) is 11.1 Å². The standard InChI is InChI=1S/C18H19N3O3/c1-10-15-13(7-14(11-4-5-11)19-17(15)24-21-10)16(22)20-18-6-2-3-12(8-18)23-9-18/h2-3,7,11-12H,4-6,8-9H2,1H3,(H,20,22). The smallest absolute Gasteiger partial charge is 0.259 e. The lowest BCUT2D eigenvalue weighted by Gasteiger charge is -2.29. The third-order valence-electron chi connectivity index (χ3n) is 5.28. The van der Waals surface area contributed by atoms with E-state index in [0.29, 0.717) is 29.5 Å². The van der Waals surface area contributed by atoms with Gasteiger partial charge in [0.15, 0.2) is 0 Å². The number of amides is 1. The van der Waals surface area contributed by atoms with Gasteiger partial charge in [-0.2, -0.15) is 0 Å². The van der Waals surface area contributed by atoms with Gasteiger partial charge in [-0.25, -0.2) is 4.98 Å². The van der Waals surface area contributed by atoms with Crippen LogP contribution in [0.2, 0.25) is 0 Å². The summed E-state index contributed by atoms with van der Waals surface area (Å²) in [6, 6.07) is 1.92. The molecule has 2 atom stereocenters. The molecule has 2 aliphatic carbocycles. The molecule has 2 aromatic heterocycles. The van der Waals surface area contributed by atoms with Crippen LogP contribution in [0.4, 0.5) is 0 Å². The number of nitrogens with zero attached hydrogens (tertiary/aromatic N) is 2. The molecular formula is C18H19N3O3. The number of aromatic nitrogens is 2. The van der Waals surface area contributed by atoms with Gasteiger partial charge >= 0.3 is 0 Å². The maximum Gasteiger partial charge on any atom is 0.259 e. The number of aryl methyl sites for hydroxylation is 1. The van der Waals surface area contributed by atoms with Crippen molar-refractivity contribution in [3.63, 3.8) is 0 Å². The molecule has 1 amide bonds. The van der Waals surface area contributed by atoms with Crippen LogP contribution in [-0.4, -0.2) is 34.3 Å². The lowest BCUT2D eigenvalue weighted by molar-refractivity contribution is 0.0875. The fourth-order valence-corrected chi connectivity index (χ4v) is 3.81. The minimum absolute atomic E-state index is 0.0878. The molecular weight excluding hydrogens is 306 g/mol. The van der Waals surface area contributed by atoms with Gasteiger partial charge in [0.25, 0.3) is 11.6 Å². The molecule has 2 aromatic rings. The number of hydrogen-bond acceptors (Lipinski definition) is 5. The van der Waals surface area contributed by atoms with Gasteiger partial charge in [0, 0.05) is 18.0 Å².